The average Bonchev–Trinajstić information content (AvgIpc) is 2.60. The Bertz CT molecular complexity index is 621. The minimum atomic E-state index is 0.456. The van der Waals surface area contributed by atoms with Crippen LogP contribution in [0.15, 0.2) is 42.5 Å². The van der Waals surface area contributed by atoms with E-state index in [2.05, 4.69) is 38.1 Å². The number of hydrogen-bond acceptors (Lipinski definition) is 1. The minimum absolute atomic E-state index is 0.456. The van der Waals surface area contributed by atoms with Crippen LogP contribution in [0.1, 0.15) is 49.7 Å². The van der Waals surface area contributed by atoms with E-state index >= 15 is 0 Å². The van der Waals surface area contributed by atoms with E-state index in [0.29, 0.717) is 11.8 Å². The Morgan fingerprint density at radius 3 is 2.30 bits per heavy atom. The number of fused-ring (bicyclic) bond motifs is 2. The molecule has 1 aliphatic heterocycles. The molecule has 20 heavy (non-hydrogen) atoms. The molecule has 0 aromatic heterocycles. The lowest BCUT2D eigenvalue weighted by atomic mass is 9.78. The number of ether oxygens (including phenoxy) is 1. The zero-order valence-corrected chi connectivity index (χ0v) is 12.7. The second-order valence-electron chi connectivity index (χ2n) is 5.35. The van der Waals surface area contributed by atoms with Crippen LogP contribution in [0.2, 0.25) is 5.02 Å². The maximum absolute atomic E-state index is 6.20. The summed E-state index contributed by atoms with van der Waals surface area (Å²) >= 11 is 6.20. The number of benzene rings is 2. The molecule has 0 bridgehead atoms. The molecule has 2 aromatic carbocycles. The molecule has 0 radical (unpaired) electrons. The molecule has 0 N–H and O–H groups in total. The smallest absolute Gasteiger partial charge is 0.131 e. The molecule has 1 aliphatic rings. The van der Waals surface area contributed by atoms with Crippen molar-refractivity contribution in [3.05, 3.63) is 58.6 Å². The van der Waals surface area contributed by atoms with E-state index in [1.807, 2.05) is 18.2 Å². The van der Waals surface area contributed by atoms with Crippen molar-refractivity contribution in [1.29, 1.82) is 0 Å². The Hall–Kier alpha value is -1.47. The Labute approximate surface area is 125 Å². The molecule has 0 saturated carbocycles. The van der Waals surface area contributed by atoms with E-state index < -0.39 is 0 Å². The maximum Gasteiger partial charge on any atom is 0.131 e. The highest BCUT2D eigenvalue weighted by Gasteiger charge is 2.30. The van der Waals surface area contributed by atoms with Gasteiger partial charge in [-0.2, -0.15) is 0 Å². The van der Waals surface area contributed by atoms with Crippen molar-refractivity contribution in [1.82, 2.24) is 0 Å². The van der Waals surface area contributed by atoms with Crippen LogP contribution in [-0.4, -0.2) is 0 Å². The number of halogens is 1. The van der Waals surface area contributed by atoms with Crippen molar-refractivity contribution in [2.45, 2.75) is 38.5 Å². The summed E-state index contributed by atoms with van der Waals surface area (Å²) in [5.41, 5.74) is 2.55. The topological polar surface area (TPSA) is 9.23 Å². The van der Waals surface area contributed by atoms with E-state index in [-0.39, 0.29) is 0 Å². The molecular formula is C18H19ClO. The zero-order chi connectivity index (χ0) is 14.1. The van der Waals surface area contributed by atoms with Gasteiger partial charge in [-0.05, 0) is 60.1 Å². The van der Waals surface area contributed by atoms with Crippen LogP contribution in [0.3, 0.4) is 0 Å². The Morgan fingerprint density at radius 1 is 0.900 bits per heavy atom. The highest BCUT2D eigenvalue weighted by molar-refractivity contribution is 6.30. The van der Waals surface area contributed by atoms with Gasteiger partial charge in [0.1, 0.15) is 11.5 Å². The molecule has 1 heterocycles. The van der Waals surface area contributed by atoms with Gasteiger partial charge in [0, 0.05) is 5.02 Å². The van der Waals surface area contributed by atoms with E-state index in [9.17, 15) is 0 Å². The summed E-state index contributed by atoms with van der Waals surface area (Å²) in [6, 6.07) is 14.4. The quantitative estimate of drug-likeness (QED) is 0.645. The summed E-state index contributed by atoms with van der Waals surface area (Å²) in [5, 5.41) is 0.784. The predicted octanol–water partition coefficient (Wildman–Crippen LogP) is 6.13. The summed E-state index contributed by atoms with van der Waals surface area (Å²) in [4.78, 5) is 0. The summed E-state index contributed by atoms with van der Waals surface area (Å²) in [7, 11) is 0. The van der Waals surface area contributed by atoms with Crippen molar-refractivity contribution in [3.63, 3.8) is 0 Å². The Balaban J connectivity index is 2.21. The van der Waals surface area contributed by atoms with Crippen molar-refractivity contribution >= 4 is 11.6 Å². The highest BCUT2D eigenvalue weighted by Crippen LogP contribution is 2.49. The minimum Gasteiger partial charge on any atom is -0.457 e. The molecule has 3 rings (SSSR count). The first kappa shape index (κ1) is 13.5. The van der Waals surface area contributed by atoms with Crippen LogP contribution in [0.25, 0.3) is 0 Å². The van der Waals surface area contributed by atoms with Gasteiger partial charge in [-0.3, -0.25) is 0 Å². The SMILES string of the molecule is CCC1c2ccccc2Oc2ccc(Cl)cc2C1CC. The van der Waals surface area contributed by atoms with E-state index in [1.165, 1.54) is 11.1 Å². The lowest BCUT2D eigenvalue weighted by molar-refractivity contribution is 0.477. The molecule has 1 nitrogen and oxygen atoms in total. The molecule has 0 aliphatic carbocycles. The molecular weight excluding hydrogens is 268 g/mol. The van der Waals surface area contributed by atoms with Gasteiger partial charge in [0.15, 0.2) is 0 Å². The molecule has 0 spiro atoms. The summed E-state index contributed by atoms with van der Waals surface area (Å²) in [6.45, 7) is 4.49. The monoisotopic (exact) mass is 286 g/mol. The largest absolute Gasteiger partial charge is 0.457 e. The van der Waals surface area contributed by atoms with Crippen molar-refractivity contribution < 1.29 is 4.74 Å². The Morgan fingerprint density at radius 2 is 1.55 bits per heavy atom. The third-order valence-electron chi connectivity index (χ3n) is 4.28. The van der Waals surface area contributed by atoms with Gasteiger partial charge in [-0.1, -0.05) is 43.6 Å². The van der Waals surface area contributed by atoms with Crippen LogP contribution in [0.5, 0.6) is 11.5 Å². The molecule has 2 unspecified atom stereocenters. The van der Waals surface area contributed by atoms with Crippen molar-refractivity contribution in [2.24, 2.45) is 0 Å². The summed E-state index contributed by atoms with van der Waals surface area (Å²) in [5.74, 6) is 2.87. The standard InChI is InChI=1S/C18H19ClO/c1-3-13-14(4-2)16-11-12(19)9-10-18(16)20-17-8-6-5-7-15(13)17/h5-11,13-14H,3-4H2,1-2H3. The first-order valence-corrected chi connectivity index (χ1v) is 7.68. The number of rotatable bonds is 2. The van der Waals surface area contributed by atoms with Gasteiger partial charge in [0.2, 0.25) is 0 Å². The van der Waals surface area contributed by atoms with Crippen LogP contribution >= 0.6 is 11.6 Å². The van der Waals surface area contributed by atoms with Gasteiger partial charge >= 0.3 is 0 Å². The van der Waals surface area contributed by atoms with E-state index in [0.717, 1.165) is 29.4 Å². The fourth-order valence-corrected chi connectivity index (χ4v) is 3.52. The molecule has 0 amide bonds. The predicted molar refractivity (Wildman–Crippen MR) is 84.0 cm³/mol. The van der Waals surface area contributed by atoms with Gasteiger partial charge in [-0.25, -0.2) is 0 Å². The average molecular weight is 287 g/mol. The first-order valence-electron chi connectivity index (χ1n) is 7.30. The Kier molecular flexibility index (Phi) is 3.71. The highest BCUT2D eigenvalue weighted by atomic mass is 35.5. The molecule has 104 valence electrons. The molecule has 0 fully saturated rings. The van der Waals surface area contributed by atoms with Crippen LogP contribution in [0, 0.1) is 0 Å². The van der Waals surface area contributed by atoms with Gasteiger partial charge in [0.25, 0.3) is 0 Å². The third kappa shape index (κ3) is 2.20. The van der Waals surface area contributed by atoms with Crippen molar-refractivity contribution in [2.75, 3.05) is 0 Å². The molecule has 0 saturated heterocycles. The molecule has 2 atom stereocenters. The fourth-order valence-electron chi connectivity index (χ4n) is 3.34. The van der Waals surface area contributed by atoms with Crippen LogP contribution in [0.4, 0.5) is 0 Å². The molecule has 2 aromatic rings. The second kappa shape index (κ2) is 5.49. The van der Waals surface area contributed by atoms with Gasteiger partial charge < -0.3 is 4.74 Å². The van der Waals surface area contributed by atoms with Gasteiger partial charge in [0.05, 0.1) is 0 Å². The zero-order valence-electron chi connectivity index (χ0n) is 11.9. The number of hydrogen-bond donors (Lipinski definition) is 0. The normalized spacial score (nSPS) is 20.6. The lowest BCUT2D eigenvalue weighted by Crippen LogP contribution is -2.08. The van der Waals surface area contributed by atoms with Crippen LogP contribution < -0.4 is 4.74 Å². The molecule has 2 heteroatoms. The second-order valence-corrected chi connectivity index (χ2v) is 5.79. The van der Waals surface area contributed by atoms with Crippen LogP contribution in [-0.2, 0) is 0 Å². The fraction of sp³-hybridized carbons (Fsp3) is 0.333. The van der Waals surface area contributed by atoms with Crippen molar-refractivity contribution in [3.8, 4) is 11.5 Å². The number of para-hydroxylation sites is 1. The van der Waals surface area contributed by atoms with Gasteiger partial charge in [-0.15, -0.1) is 0 Å². The van der Waals surface area contributed by atoms with E-state index in [4.69, 9.17) is 16.3 Å². The summed E-state index contributed by atoms with van der Waals surface area (Å²) < 4.78 is 6.16. The maximum atomic E-state index is 6.20. The summed E-state index contributed by atoms with van der Waals surface area (Å²) in [6.07, 6.45) is 2.19. The van der Waals surface area contributed by atoms with E-state index in [1.54, 1.807) is 0 Å². The third-order valence-corrected chi connectivity index (χ3v) is 4.51. The first-order chi connectivity index (χ1) is 9.74. The lowest BCUT2D eigenvalue weighted by Gasteiger charge is -2.24.